The fourth-order valence-corrected chi connectivity index (χ4v) is 4.51. The Kier molecular flexibility index (Phi) is 2.64. The van der Waals surface area contributed by atoms with Crippen LogP contribution in [0.5, 0.6) is 0 Å². The molecule has 0 unspecified atom stereocenters. The SMILES string of the molecule is C[Si](C)C1=C(C2=CC=CC2)Cc2ccccc21. The molecule has 2 aliphatic carbocycles. The van der Waals surface area contributed by atoms with Crippen LogP contribution in [0.25, 0.3) is 5.20 Å². The number of rotatable bonds is 2. The van der Waals surface area contributed by atoms with Gasteiger partial charge in [-0.25, -0.2) is 0 Å². The molecule has 0 bridgehead atoms. The van der Waals surface area contributed by atoms with E-state index in [0.29, 0.717) is 0 Å². The number of fused-ring (bicyclic) bond motifs is 1. The molecule has 0 aliphatic heterocycles. The minimum atomic E-state index is -0.398. The van der Waals surface area contributed by atoms with E-state index in [9.17, 15) is 0 Å². The maximum atomic E-state index is 2.41. The van der Waals surface area contributed by atoms with E-state index in [1.807, 2.05) is 0 Å². The Labute approximate surface area is 105 Å². The Morgan fingerprint density at radius 1 is 1.12 bits per heavy atom. The monoisotopic (exact) mass is 237 g/mol. The van der Waals surface area contributed by atoms with Crippen LogP contribution in [0.15, 0.2) is 53.6 Å². The summed E-state index contributed by atoms with van der Waals surface area (Å²) < 4.78 is 0. The molecular weight excluding hydrogens is 220 g/mol. The highest BCUT2D eigenvalue weighted by atomic mass is 28.3. The number of hydrogen-bond acceptors (Lipinski definition) is 0. The van der Waals surface area contributed by atoms with Gasteiger partial charge in [0, 0.05) is 0 Å². The summed E-state index contributed by atoms with van der Waals surface area (Å²) in [4.78, 5) is 0. The van der Waals surface area contributed by atoms with Crippen molar-refractivity contribution < 1.29 is 0 Å². The second-order valence-electron chi connectivity index (χ2n) is 5.01. The molecule has 0 heterocycles. The predicted molar refractivity (Wildman–Crippen MR) is 76.4 cm³/mol. The molecule has 17 heavy (non-hydrogen) atoms. The summed E-state index contributed by atoms with van der Waals surface area (Å²) in [7, 11) is -0.398. The summed E-state index contributed by atoms with van der Waals surface area (Å²) in [5, 5.41) is 1.67. The van der Waals surface area contributed by atoms with Crippen molar-refractivity contribution in [3.63, 3.8) is 0 Å². The fraction of sp³-hybridized carbons (Fsp3) is 0.250. The third-order valence-electron chi connectivity index (χ3n) is 3.61. The van der Waals surface area contributed by atoms with Crippen LogP contribution in [0.3, 0.4) is 0 Å². The quantitative estimate of drug-likeness (QED) is 0.677. The first-order valence-electron chi connectivity index (χ1n) is 6.25. The average molecular weight is 237 g/mol. The van der Waals surface area contributed by atoms with Crippen LogP contribution in [-0.2, 0) is 6.42 Å². The van der Waals surface area contributed by atoms with Crippen LogP contribution in [0.2, 0.25) is 13.1 Å². The predicted octanol–water partition coefficient (Wildman–Crippen LogP) is 4.18. The minimum absolute atomic E-state index is 0.398. The maximum absolute atomic E-state index is 2.41. The van der Waals surface area contributed by atoms with Gasteiger partial charge in [0.25, 0.3) is 0 Å². The molecule has 0 N–H and O–H groups in total. The highest BCUT2D eigenvalue weighted by molar-refractivity contribution is 6.77. The lowest BCUT2D eigenvalue weighted by Gasteiger charge is -2.12. The van der Waals surface area contributed by atoms with Gasteiger partial charge in [0.2, 0.25) is 0 Å². The normalized spacial score (nSPS) is 17.9. The van der Waals surface area contributed by atoms with E-state index in [4.69, 9.17) is 0 Å². The Balaban J connectivity index is 2.11. The largest absolute Gasteiger partial charge is 0.0803 e. The molecule has 1 aromatic rings. The zero-order valence-electron chi connectivity index (χ0n) is 10.5. The molecule has 1 radical (unpaired) electrons. The molecular formula is C16H17Si. The molecule has 0 fully saturated rings. The van der Waals surface area contributed by atoms with Crippen LogP contribution >= 0.6 is 0 Å². The Hall–Kier alpha value is -1.34. The van der Waals surface area contributed by atoms with Gasteiger partial charge in [-0.05, 0) is 35.1 Å². The Morgan fingerprint density at radius 3 is 2.65 bits per heavy atom. The minimum Gasteiger partial charge on any atom is -0.0801 e. The number of benzene rings is 1. The van der Waals surface area contributed by atoms with E-state index < -0.39 is 8.80 Å². The van der Waals surface area contributed by atoms with Crippen molar-refractivity contribution in [2.75, 3.05) is 0 Å². The maximum Gasteiger partial charge on any atom is 0.0803 e. The van der Waals surface area contributed by atoms with E-state index in [1.165, 1.54) is 11.1 Å². The van der Waals surface area contributed by atoms with Crippen molar-refractivity contribution >= 4 is 14.0 Å². The summed E-state index contributed by atoms with van der Waals surface area (Å²) in [6.45, 7) is 4.82. The van der Waals surface area contributed by atoms with Gasteiger partial charge in [0.15, 0.2) is 0 Å². The van der Waals surface area contributed by atoms with Crippen molar-refractivity contribution in [3.05, 3.63) is 64.8 Å². The molecule has 85 valence electrons. The summed E-state index contributed by atoms with van der Waals surface area (Å²) in [6.07, 6.45) is 9.03. The molecule has 0 atom stereocenters. The number of hydrogen-bond donors (Lipinski definition) is 0. The second kappa shape index (κ2) is 4.15. The van der Waals surface area contributed by atoms with E-state index in [0.717, 1.165) is 12.8 Å². The molecule has 0 amide bonds. The molecule has 0 saturated heterocycles. The van der Waals surface area contributed by atoms with Crippen molar-refractivity contribution in [1.82, 2.24) is 0 Å². The lowest BCUT2D eigenvalue weighted by atomic mass is 10.0. The van der Waals surface area contributed by atoms with Crippen molar-refractivity contribution in [1.29, 1.82) is 0 Å². The molecule has 0 aromatic heterocycles. The Morgan fingerprint density at radius 2 is 1.94 bits per heavy atom. The third kappa shape index (κ3) is 1.75. The van der Waals surface area contributed by atoms with Crippen LogP contribution in [-0.4, -0.2) is 8.80 Å². The summed E-state index contributed by atoms with van der Waals surface area (Å²) >= 11 is 0. The van der Waals surface area contributed by atoms with Gasteiger partial charge in [-0.3, -0.25) is 0 Å². The van der Waals surface area contributed by atoms with Gasteiger partial charge in [0.05, 0.1) is 8.80 Å². The molecule has 1 aromatic carbocycles. The highest BCUT2D eigenvalue weighted by Gasteiger charge is 2.25. The van der Waals surface area contributed by atoms with Crippen LogP contribution in [0, 0.1) is 0 Å². The molecule has 3 rings (SSSR count). The molecule has 0 saturated carbocycles. The first-order chi connectivity index (χ1) is 8.27. The second-order valence-corrected chi connectivity index (χ2v) is 7.51. The molecule has 0 nitrogen and oxygen atoms in total. The van der Waals surface area contributed by atoms with Crippen molar-refractivity contribution in [2.24, 2.45) is 0 Å². The molecule has 1 heteroatoms. The Bertz CT molecular complexity index is 544. The first-order valence-corrected chi connectivity index (χ1v) is 8.75. The van der Waals surface area contributed by atoms with Crippen molar-refractivity contribution in [2.45, 2.75) is 25.9 Å². The van der Waals surface area contributed by atoms with Crippen LogP contribution < -0.4 is 0 Å². The summed E-state index contributed by atoms with van der Waals surface area (Å²) in [5.41, 5.74) is 6.21. The smallest absolute Gasteiger partial charge is 0.0801 e. The highest BCUT2D eigenvalue weighted by Crippen LogP contribution is 2.39. The van der Waals surface area contributed by atoms with Gasteiger partial charge in [-0.2, -0.15) is 0 Å². The standard InChI is InChI=1S/C16H17Si/c1-17(2)16-14-10-6-5-9-13(14)11-15(16)12-7-3-4-8-12/h3-7,9-10H,8,11H2,1-2H3. The topological polar surface area (TPSA) is 0 Å². The van der Waals surface area contributed by atoms with Gasteiger partial charge in [-0.15, -0.1) is 0 Å². The van der Waals surface area contributed by atoms with E-state index in [1.54, 1.807) is 16.3 Å². The van der Waals surface area contributed by atoms with Crippen LogP contribution in [0.1, 0.15) is 17.5 Å². The zero-order chi connectivity index (χ0) is 11.8. The van der Waals surface area contributed by atoms with Gasteiger partial charge >= 0.3 is 0 Å². The summed E-state index contributed by atoms with van der Waals surface area (Å²) in [6, 6.07) is 8.93. The third-order valence-corrected chi connectivity index (χ3v) is 5.19. The van der Waals surface area contributed by atoms with Crippen molar-refractivity contribution in [3.8, 4) is 0 Å². The fourth-order valence-electron chi connectivity index (χ4n) is 2.88. The van der Waals surface area contributed by atoms with Gasteiger partial charge in [-0.1, -0.05) is 60.8 Å². The van der Waals surface area contributed by atoms with Crippen LogP contribution in [0.4, 0.5) is 0 Å². The first kappa shape index (κ1) is 10.8. The molecule has 2 aliphatic rings. The zero-order valence-corrected chi connectivity index (χ0v) is 11.5. The average Bonchev–Trinajstić information content (AvgIpc) is 2.95. The lowest BCUT2D eigenvalue weighted by Crippen LogP contribution is -2.06. The lowest BCUT2D eigenvalue weighted by molar-refractivity contribution is 1.15. The number of allylic oxidation sites excluding steroid dienone is 5. The van der Waals surface area contributed by atoms with Gasteiger partial charge in [0.1, 0.15) is 0 Å². The van der Waals surface area contributed by atoms with E-state index in [2.05, 4.69) is 55.6 Å². The van der Waals surface area contributed by atoms with E-state index >= 15 is 0 Å². The summed E-state index contributed by atoms with van der Waals surface area (Å²) in [5.74, 6) is 0. The van der Waals surface area contributed by atoms with Gasteiger partial charge < -0.3 is 0 Å². The molecule has 0 spiro atoms. The van der Waals surface area contributed by atoms with E-state index in [-0.39, 0.29) is 0 Å².